The van der Waals surface area contributed by atoms with Gasteiger partial charge in [-0.15, -0.1) is 11.3 Å². The highest BCUT2D eigenvalue weighted by Gasteiger charge is 1.93. The molecule has 0 saturated heterocycles. The lowest BCUT2D eigenvalue weighted by atomic mass is 10.2. The summed E-state index contributed by atoms with van der Waals surface area (Å²) >= 11 is 1.56. The Labute approximate surface area is 59.2 Å². The molecule has 0 bridgehead atoms. The van der Waals surface area contributed by atoms with Crippen LogP contribution in [0.25, 0.3) is 12.2 Å². The molecule has 1 heterocycles. The van der Waals surface area contributed by atoms with E-state index in [-0.39, 0.29) is 0 Å². The average molecular weight is 135 g/mol. The molecule has 1 heteroatoms. The topological polar surface area (TPSA) is 0 Å². The third kappa shape index (κ3) is 1.11. The maximum Gasteiger partial charge on any atom is 0.0455 e. The fourth-order valence-electron chi connectivity index (χ4n) is 0.606. The van der Waals surface area contributed by atoms with E-state index in [0.717, 1.165) is 10.4 Å². The van der Waals surface area contributed by atoms with Crippen LogP contribution in [0.1, 0.15) is 10.4 Å². The largest absolute Gasteiger partial charge is 0.134 e. The molecule has 1 aromatic rings. The fourth-order valence-corrected chi connectivity index (χ4v) is 1.26. The van der Waals surface area contributed by atoms with Gasteiger partial charge in [0.25, 0.3) is 0 Å². The number of hydrogen-bond donors (Lipinski definition) is 0. The summed E-state index contributed by atoms with van der Waals surface area (Å²) in [6.45, 7) is 7.31. The van der Waals surface area contributed by atoms with Crippen molar-refractivity contribution in [3.8, 4) is 0 Å². The normalized spacial score (nSPS) is 8.89. The Morgan fingerprint density at radius 2 is 2.22 bits per heavy atom. The van der Waals surface area contributed by atoms with Crippen LogP contribution in [0.2, 0.25) is 0 Å². The minimum Gasteiger partial charge on any atom is -0.134 e. The van der Waals surface area contributed by atoms with Gasteiger partial charge in [0.05, 0.1) is 0 Å². The van der Waals surface area contributed by atoms with E-state index >= 15 is 0 Å². The highest BCUT2D eigenvalue weighted by Crippen LogP contribution is 2.17. The molecule has 0 amide bonds. The van der Waals surface area contributed by atoms with Crippen LogP contribution in [0.4, 0.5) is 0 Å². The zero-order valence-corrected chi connectivity index (χ0v) is 5.87. The van der Waals surface area contributed by atoms with Gasteiger partial charge in [-0.3, -0.25) is 0 Å². The second kappa shape index (κ2) is 2.65. The summed E-state index contributed by atoms with van der Waals surface area (Å²) in [7, 11) is 0. The average Bonchev–Trinajstić information content (AvgIpc) is 2.33. The van der Waals surface area contributed by atoms with Gasteiger partial charge in [0.1, 0.15) is 0 Å². The molecule has 9 heavy (non-hydrogen) atoms. The Morgan fingerprint density at radius 1 is 1.44 bits per heavy atom. The van der Waals surface area contributed by atoms with E-state index in [9.17, 15) is 0 Å². The molecule has 0 unspecified atom stereocenters. The highest BCUT2D eigenvalue weighted by molar-refractivity contribution is 7.10. The van der Waals surface area contributed by atoms with E-state index in [1.54, 1.807) is 11.3 Å². The van der Waals surface area contributed by atoms with Gasteiger partial charge in [-0.05, 0) is 11.6 Å². The van der Waals surface area contributed by atoms with Gasteiger partial charge >= 0.3 is 0 Å². The Hall–Kier alpha value is -0.820. The summed E-state index contributed by atoms with van der Waals surface area (Å²) in [5, 5.41) is 3.00. The number of hydrogen-bond acceptors (Lipinski definition) is 1. The zero-order chi connectivity index (χ0) is 6.69. The van der Waals surface area contributed by atoms with Gasteiger partial charge in [-0.25, -0.2) is 0 Å². The summed E-state index contributed by atoms with van der Waals surface area (Å²) in [5.74, 6) is 0. The summed E-state index contributed by atoms with van der Waals surface area (Å²) in [4.78, 5) is 1.14. The highest BCUT2D eigenvalue weighted by atomic mass is 32.1. The van der Waals surface area contributed by atoms with Crippen molar-refractivity contribution in [1.29, 1.82) is 0 Å². The first-order chi connectivity index (χ1) is 4.38. The van der Waals surface area contributed by atoms with Crippen LogP contribution in [0.3, 0.4) is 0 Å². The van der Waals surface area contributed by atoms with Gasteiger partial charge in [0.2, 0.25) is 0 Å². The van der Waals surface area contributed by atoms with Gasteiger partial charge in [0.15, 0.2) is 0 Å². The molecule has 0 aliphatic rings. The minimum atomic E-state index is 1.12. The van der Waals surface area contributed by atoms with Gasteiger partial charge in [0, 0.05) is 10.3 Å². The second-order valence-electron chi connectivity index (χ2n) is 1.59. The molecular weight excluding hydrogens is 128 g/mol. The molecule has 0 atom stereocenters. The first-order valence-electron chi connectivity index (χ1n) is 2.63. The van der Waals surface area contributed by atoms with E-state index in [1.807, 2.05) is 18.2 Å². The van der Waals surface area contributed by atoms with Crippen LogP contribution in [0.5, 0.6) is 0 Å². The molecule has 0 spiro atoms. The smallest absolute Gasteiger partial charge is 0.0455 e. The molecule has 0 aliphatic heterocycles. The van der Waals surface area contributed by atoms with Crippen molar-refractivity contribution >= 4 is 23.5 Å². The first-order valence-corrected chi connectivity index (χ1v) is 3.45. The lowest BCUT2D eigenvalue weighted by Crippen LogP contribution is -1.64. The molecule has 0 saturated carbocycles. The Kier molecular flexibility index (Phi) is 1.85. The van der Waals surface area contributed by atoms with Crippen molar-refractivity contribution in [3.05, 3.63) is 35.0 Å². The molecule has 45 valence electrons. The molecule has 0 aliphatic carbocycles. The second-order valence-corrected chi connectivity index (χ2v) is 2.47. The van der Waals surface area contributed by atoms with Gasteiger partial charge in [-0.2, -0.15) is 0 Å². The Morgan fingerprint density at radius 3 is 2.67 bits per heavy atom. The summed E-state index contributed by atoms with van der Waals surface area (Å²) in [5.41, 5.74) is 1.12. The molecule has 1 aromatic heterocycles. The van der Waals surface area contributed by atoms with Crippen LogP contribution >= 0.6 is 11.3 Å². The Balaban J connectivity index is 3.12. The summed E-state index contributed by atoms with van der Waals surface area (Å²) in [6.07, 6.45) is 3.63. The van der Waals surface area contributed by atoms with E-state index < -0.39 is 0 Å². The molecule has 0 aromatic carbocycles. The van der Waals surface area contributed by atoms with E-state index in [4.69, 9.17) is 0 Å². The maximum atomic E-state index is 3.65. The minimum absolute atomic E-state index is 1.12. The van der Waals surface area contributed by atoms with Crippen molar-refractivity contribution in [3.63, 3.8) is 0 Å². The first kappa shape index (κ1) is 6.30. The lowest BCUT2D eigenvalue weighted by molar-refractivity contribution is 1.84. The van der Waals surface area contributed by atoms with Crippen molar-refractivity contribution < 1.29 is 0 Å². The van der Waals surface area contributed by atoms with Gasteiger partial charge in [-0.1, -0.05) is 25.3 Å². The standard InChI is InChI=1S/C8H7S/c1-3-7-5-6-9-8(7)4-2/h3-5H,1-2H2. The third-order valence-electron chi connectivity index (χ3n) is 1.07. The van der Waals surface area contributed by atoms with Gasteiger partial charge < -0.3 is 0 Å². The molecular formula is C8H7S. The fraction of sp³-hybridized carbons (Fsp3) is 0. The van der Waals surface area contributed by atoms with Crippen molar-refractivity contribution in [2.24, 2.45) is 0 Å². The van der Waals surface area contributed by atoms with E-state index in [1.165, 1.54) is 0 Å². The summed E-state index contributed by atoms with van der Waals surface area (Å²) in [6, 6.07) is 1.91. The van der Waals surface area contributed by atoms with Crippen molar-refractivity contribution in [2.45, 2.75) is 0 Å². The number of rotatable bonds is 2. The monoisotopic (exact) mass is 135 g/mol. The van der Waals surface area contributed by atoms with Crippen LogP contribution in [-0.4, -0.2) is 0 Å². The van der Waals surface area contributed by atoms with Crippen molar-refractivity contribution in [1.82, 2.24) is 0 Å². The molecule has 0 fully saturated rings. The maximum absolute atomic E-state index is 3.65. The van der Waals surface area contributed by atoms with E-state index in [0.29, 0.717) is 0 Å². The third-order valence-corrected chi connectivity index (χ3v) is 1.93. The molecule has 1 rings (SSSR count). The van der Waals surface area contributed by atoms with Crippen molar-refractivity contribution in [2.75, 3.05) is 0 Å². The quantitative estimate of drug-likeness (QED) is 0.585. The Bertz CT molecular complexity index is 198. The van der Waals surface area contributed by atoms with Crippen LogP contribution in [-0.2, 0) is 0 Å². The van der Waals surface area contributed by atoms with Crippen LogP contribution in [0, 0.1) is 5.38 Å². The predicted molar refractivity (Wildman–Crippen MR) is 43.3 cm³/mol. The molecule has 0 N–H and O–H groups in total. The van der Waals surface area contributed by atoms with Crippen LogP contribution < -0.4 is 0 Å². The van der Waals surface area contributed by atoms with Crippen LogP contribution in [0.15, 0.2) is 19.2 Å². The lowest BCUT2D eigenvalue weighted by Gasteiger charge is -1.85. The SMILES string of the molecule is C=Cc1c[c]sc1C=C. The molecule has 1 radical (unpaired) electrons. The molecule has 0 nitrogen and oxygen atoms in total. The van der Waals surface area contributed by atoms with E-state index in [2.05, 4.69) is 18.5 Å². The summed E-state index contributed by atoms with van der Waals surface area (Å²) < 4.78 is 0. The predicted octanol–water partition coefficient (Wildman–Crippen LogP) is 2.83. The zero-order valence-electron chi connectivity index (χ0n) is 5.05. The number of thiophene rings is 1.